The summed E-state index contributed by atoms with van der Waals surface area (Å²) >= 11 is 0. The maximum Gasteiger partial charge on any atom is 0.305 e. The molecule has 0 aromatic carbocycles. The molecular weight excluding hydrogens is 210 g/mol. The first-order chi connectivity index (χ1) is 6.95. The second-order valence-electron chi connectivity index (χ2n) is 4.71. The molecule has 0 heterocycles. The van der Waals surface area contributed by atoms with Gasteiger partial charge in [-0.3, -0.25) is 9.59 Å². The van der Waals surface area contributed by atoms with Gasteiger partial charge in [0, 0.05) is 21.0 Å². The normalized spacial score (nSPS) is 10.9. The molecule has 15 heavy (non-hydrogen) atoms. The van der Waals surface area contributed by atoms with Crippen LogP contribution in [0.5, 0.6) is 0 Å². The van der Waals surface area contributed by atoms with Gasteiger partial charge in [-0.25, -0.2) is 0 Å². The highest BCUT2D eigenvalue weighted by Gasteiger charge is 2.13. The van der Waals surface area contributed by atoms with Crippen molar-refractivity contribution in [1.29, 1.82) is 0 Å². The number of rotatable bonds is 8. The molecule has 1 N–H and O–H groups in total. The molecule has 0 unspecified atom stereocenters. The van der Waals surface area contributed by atoms with Crippen LogP contribution in [-0.2, 0) is 14.3 Å². The molecule has 0 aliphatic carbocycles. The topological polar surface area (TPSA) is 55.4 Å². The number of amides is 1. The maximum absolute atomic E-state index is 11.2. The Hall–Kier alpha value is -0.843. The Balaban J connectivity index is 3.37. The van der Waals surface area contributed by atoms with Gasteiger partial charge in [0.15, 0.2) is 0 Å². The monoisotopic (exact) mass is 231 g/mol. The van der Waals surface area contributed by atoms with Gasteiger partial charge in [-0.1, -0.05) is 19.6 Å². The molecule has 0 atom stereocenters. The van der Waals surface area contributed by atoms with E-state index in [-0.39, 0.29) is 5.97 Å². The van der Waals surface area contributed by atoms with E-state index in [1.165, 1.54) is 0 Å². The molecule has 0 bridgehead atoms. The molecule has 0 radical (unpaired) electrons. The van der Waals surface area contributed by atoms with Crippen LogP contribution < -0.4 is 5.32 Å². The smallest absolute Gasteiger partial charge is 0.305 e. The first-order valence-electron chi connectivity index (χ1n) is 5.28. The molecule has 0 rings (SSSR count). The van der Waals surface area contributed by atoms with Crippen molar-refractivity contribution in [2.45, 2.75) is 38.5 Å². The van der Waals surface area contributed by atoms with Gasteiger partial charge in [0.1, 0.15) is 0 Å². The molecule has 88 valence electrons. The Morgan fingerprint density at radius 1 is 1.40 bits per heavy atom. The lowest BCUT2D eigenvalue weighted by Crippen LogP contribution is -2.23. The third kappa shape index (κ3) is 11.1. The van der Waals surface area contributed by atoms with Gasteiger partial charge in [0.2, 0.25) is 6.41 Å². The Labute approximate surface area is 92.4 Å². The first-order valence-corrected chi connectivity index (χ1v) is 8.99. The minimum absolute atomic E-state index is 0.166. The standard InChI is InChI=1S/C10H21NO3Si/c1-15(2,3)8-7-14-10(13)5-4-6-11-9-12/h9H,4-8H2,1-3H3,(H,11,12). The third-order valence-corrected chi connectivity index (χ3v) is 3.60. The third-order valence-electron chi connectivity index (χ3n) is 1.90. The minimum Gasteiger partial charge on any atom is -0.466 e. The van der Waals surface area contributed by atoms with E-state index in [2.05, 4.69) is 25.0 Å². The van der Waals surface area contributed by atoms with Crippen molar-refractivity contribution in [1.82, 2.24) is 5.32 Å². The van der Waals surface area contributed by atoms with Crippen molar-refractivity contribution in [3.63, 3.8) is 0 Å². The first kappa shape index (κ1) is 14.2. The van der Waals surface area contributed by atoms with Gasteiger partial charge >= 0.3 is 5.97 Å². The van der Waals surface area contributed by atoms with Crippen LogP contribution >= 0.6 is 0 Å². The number of carbonyl (C=O) groups is 2. The fourth-order valence-electron chi connectivity index (χ4n) is 0.937. The number of hydrogen-bond acceptors (Lipinski definition) is 3. The van der Waals surface area contributed by atoms with Gasteiger partial charge in [-0.05, 0) is 12.5 Å². The van der Waals surface area contributed by atoms with Crippen LogP contribution in [0.15, 0.2) is 0 Å². The van der Waals surface area contributed by atoms with E-state index >= 15 is 0 Å². The van der Waals surface area contributed by atoms with Crippen LogP contribution in [0.2, 0.25) is 25.7 Å². The lowest BCUT2D eigenvalue weighted by atomic mass is 10.3. The molecule has 4 nitrogen and oxygen atoms in total. The molecule has 0 saturated carbocycles. The number of ether oxygens (including phenoxy) is 1. The van der Waals surface area contributed by atoms with E-state index in [0.29, 0.717) is 32.4 Å². The summed E-state index contributed by atoms with van der Waals surface area (Å²) in [7, 11) is -1.10. The van der Waals surface area contributed by atoms with E-state index in [9.17, 15) is 9.59 Å². The Morgan fingerprint density at radius 2 is 2.07 bits per heavy atom. The van der Waals surface area contributed by atoms with E-state index in [4.69, 9.17) is 4.74 Å². The van der Waals surface area contributed by atoms with Crippen molar-refractivity contribution < 1.29 is 14.3 Å². The van der Waals surface area contributed by atoms with Crippen LogP contribution in [0.25, 0.3) is 0 Å². The lowest BCUT2D eigenvalue weighted by molar-refractivity contribution is -0.143. The number of carbonyl (C=O) groups excluding carboxylic acids is 2. The van der Waals surface area contributed by atoms with Gasteiger partial charge < -0.3 is 10.1 Å². The molecule has 0 fully saturated rings. The summed E-state index contributed by atoms with van der Waals surface area (Å²) in [5.74, 6) is -0.166. The summed E-state index contributed by atoms with van der Waals surface area (Å²) in [6.07, 6.45) is 1.66. The zero-order valence-corrected chi connectivity index (χ0v) is 10.8. The summed E-state index contributed by atoms with van der Waals surface area (Å²) in [6, 6.07) is 1.01. The van der Waals surface area contributed by atoms with Gasteiger partial charge in [-0.2, -0.15) is 0 Å². The molecule has 0 aromatic rings. The largest absolute Gasteiger partial charge is 0.466 e. The summed E-state index contributed by atoms with van der Waals surface area (Å²) in [6.45, 7) is 7.81. The average molecular weight is 231 g/mol. The molecule has 0 aliphatic rings. The van der Waals surface area contributed by atoms with Gasteiger partial charge in [0.25, 0.3) is 0 Å². The van der Waals surface area contributed by atoms with Crippen molar-refractivity contribution in [3.8, 4) is 0 Å². The summed E-state index contributed by atoms with van der Waals surface area (Å²) in [4.78, 5) is 21.1. The highest BCUT2D eigenvalue weighted by molar-refractivity contribution is 6.76. The fourth-order valence-corrected chi connectivity index (χ4v) is 1.65. The summed E-state index contributed by atoms with van der Waals surface area (Å²) in [5.41, 5.74) is 0. The summed E-state index contributed by atoms with van der Waals surface area (Å²) < 4.78 is 5.08. The number of esters is 1. The van der Waals surface area contributed by atoms with Crippen molar-refractivity contribution in [2.75, 3.05) is 13.2 Å². The quantitative estimate of drug-likeness (QED) is 0.297. The molecule has 1 amide bonds. The maximum atomic E-state index is 11.2. The number of nitrogens with one attached hydrogen (secondary N) is 1. The van der Waals surface area contributed by atoms with Crippen molar-refractivity contribution in [2.24, 2.45) is 0 Å². The van der Waals surface area contributed by atoms with E-state index < -0.39 is 8.07 Å². The second kappa shape index (κ2) is 7.45. The average Bonchev–Trinajstić information content (AvgIpc) is 2.10. The highest BCUT2D eigenvalue weighted by Crippen LogP contribution is 2.07. The SMILES string of the molecule is C[Si](C)(C)CCOC(=O)CCCNC=O. The Morgan fingerprint density at radius 3 is 2.60 bits per heavy atom. The van der Waals surface area contributed by atoms with Gasteiger partial charge in [0.05, 0.1) is 6.61 Å². The van der Waals surface area contributed by atoms with Crippen molar-refractivity contribution in [3.05, 3.63) is 0 Å². The van der Waals surface area contributed by atoms with Gasteiger partial charge in [-0.15, -0.1) is 0 Å². The molecule has 0 saturated heterocycles. The van der Waals surface area contributed by atoms with Crippen LogP contribution in [0.4, 0.5) is 0 Å². The zero-order chi connectivity index (χ0) is 11.7. The molecule has 5 heteroatoms. The second-order valence-corrected chi connectivity index (χ2v) is 10.3. The minimum atomic E-state index is -1.10. The van der Waals surface area contributed by atoms with Crippen LogP contribution in [0.1, 0.15) is 12.8 Å². The highest BCUT2D eigenvalue weighted by atomic mass is 28.3. The zero-order valence-electron chi connectivity index (χ0n) is 9.84. The van der Waals surface area contributed by atoms with E-state index in [0.717, 1.165) is 6.04 Å². The summed E-state index contributed by atoms with van der Waals surface area (Å²) in [5, 5.41) is 2.50. The Kier molecular flexibility index (Phi) is 7.03. The van der Waals surface area contributed by atoms with Crippen LogP contribution in [0, 0.1) is 0 Å². The van der Waals surface area contributed by atoms with Crippen molar-refractivity contribution >= 4 is 20.5 Å². The van der Waals surface area contributed by atoms with Crippen LogP contribution in [0.3, 0.4) is 0 Å². The number of hydrogen-bond donors (Lipinski definition) is 1. The lowest BCUT2D eigenvalue weighted by Gasteiger charge is -2.15. The molecule has 0 spiro atoms. The Bertz CT molecular complexity index is 201. The van der Waals surface area contributed by atoms with E-state index in [1.54, 1.807) is 0 Å². The molecule has 0 aliphatic heterocycles. The molecule has 0 aromatic heterocycles. The molecular formula is C10H21NO3Si. The van der Waals surface area contributed by atoms with Crippen LogP contribution in [-0.4, -0.2) is 33.6 Å². The van der Waals surface area contributed by atoms with E-state index in [1.807, 2.05) is 0 Å². The predicted octanol–water partition coefficient (Wildman–Crippen LogP) is 1.39. The predicted molar refractivity (Wildman–Crippen MR) is 62.4 cm³/mol. The fraction of sp³-hybridized carbons (Fsp3) is 0.800.